The number of halogens is 3. The Morgan fingerprint density at radius 3 is 2.33 bits per heavy atom. The second-order valence-electron chi connectivity index (χ2n) is 5.79. The largest absolute Gasteiger partial charge is 0.493 e. The number of carbonyl (C=O) groups is 1. The molecule has 27 heavy (non-hydrogen) atoms. The third-order valence-corrected chi connectivity index (χ3v) is 4.08. The Balaban J connectivity index is 0.00000364. The predicted molar refractivity (Wildman–Crippen MR) is 99.7 cm³/mol. The van der Waals surface area contributed by atoms with Crippen molar-refractivity contribution in [3.8, 4) is 17.2 Å². The number of hydrogen-bond acceptors (Lipinski definition) is 6. The maximum absolute atomic E-state index is 12.6. The van der Waals surface area contributed by atoms with E-state index in [0.717, 1.165) is 39.1 Å². The molecule has 0 bridgehead atoms. The van der Waals surface area contributed by atoms with Crippen molar-refractivity contribution < 1.29 is 27.8 Å². The average Bonchev–Trinajstić information content (AvgIpc) is 2.65. The van der Waals surface area contributed by atoms with E-state index in [-0.39, 0.29) is 41.1 Å². The lowest BCUT2D eigenvalue weighted by Crippen LogP contribution is -2.44. The van der Waals surface area contributed by atoms with Crippen molar-refractivity contribution in [1.82, 2.24) is 15.5 Å². The molecule has 1 aromatic rings. The van der Waals surface area contributed by atoms with Crippen LogP contribution < -0.4 is 24.8 Å². The lowest BCUT2D eigenvalue weighted by atomic mass is 10.1. The molecule has 1 aliphatic rings. The highest BCUT2D eigenvalue weighted by Gasteiger charge is 2.20. The molecule has 0 atom stereocenters. The van der Waals surface area contributed by atoms with Crippen LogP contribution in [0.25, 0.3) is 0 Å². The van der Waals surface area contributed by atoms with Gasteiger partial charge in [-0.3, -0.25) is 4.79 Å². The van der Waals surface area contributed by atoms with Gasteiger partial charge >= 0.3 is 6.61 Å². The summed E-state index contributed by atoms with van der Waals surface area (Å²) >= 11 is 0. The van der Waals surface area contributed by atoms with Gasteiger partial charge in [0, 0.05) is 38.3 Å². The summed E-state index contributed by atoms with van der Waals surface area (Å²) in [5.74, 6) is -0.544. The Hall–Kier alpha value is -1.84. The quantitative estimate of drug-likeness (QED) is 0.605. The number of amides is 1. The molecule has 7 nitrogen and oxygen atoms in total. The number of nitrogens with zero attached hydrogens (tertiary/aromatic N) is 1. The lowest BCUT2D eigenvalue weighted by molar-refractivity contribution is -0.0526. The molecule has 0 aromatic heterocycles. The van der Waals surface area contributed by atoms with E-state index in [1.165, 1.54) is 26.4 Å². The normalized spacial score (nSPS) is 14.4. The first kappa shape index (κ1) is 23.2. The summed E-state index contributed by atoms with van der Waals surface area (Å²) in [7, 11) is 2.62. The summed E-state index contributed by atoms with van der Waals surface area (Å²) in [6.07, 6.45) is 0.826. The van der Waals surface area contributed by atoms with Crippen molar-refractivity contribution in [2.45, 2.75) is 13.0 Å². The molecule has 1 aromatic carbocycles. The monoisotopic (exact) mass is 409 g/mol. The first-order chi connectivity index (χ1) is 12.5. The molecule has 2 rings (SSSR count). The van der Waals surface area contributed by atoms with E-state index in [2.05, 4.69) is 20.3 Å². The molecule has 154 valence electrons. The zero-order chi connectivity index (χ0) is 18.9. The molecule has 2 N–H and O–H groups in total. The van der Waals surface area contributed by atoms with Gasteiger partial charge in [-0.25, -0.2) is 0 Å². The van der Waals surface area contributed by atoms with Gasteiger partial charge in [-0.1, -0.05) is 0 Å². The molecule has 1 aliphatic heterocycles. The van der Waals surface area contributed by atoms with Crippen molar-refractivity contribution in [2.75, 3.05) is 53.5 Å². The van der Waals surface area contributed by atoms with Gasteiger partial charge in [-0.15, -0.1) is 12.4 Å². The van der Waals surface area contributed by atoms with E-state index < -0.39 is 6.61 Å². The number of methoxy groups -OCH3 is 2. The second kappa shape index (κ2) is 11.8. The van der Waals surface area contributed by atoms with Crippen molar-refractivity contribution in [2.24, 2.45) is 0 Å². The Morgan fingerprint density at radius 1 is 1.22 bits per heavy atom. The molecular weight excluding hydrogens is 384 g/mol. The molecule has 0 saturated carbocycles. The van der Waals surface area contributed by atoms with Gasteiger partial charge in [0.15, 0.2) is 11.5 Å². The number of rotatable bonds is 9. The summed E-state index contributed by atoms with van der Waals surface area (Å²) in [6, 6.07) is 2.71. The van der Waals surface area contributed by atoms with Crippen molar-refractivity contribution in [1.29, 1.82) is 0 Å². The van der Waals surface area contributed by atoms with Gasteiger partial charge in [0.1, 0.15) is 0 Å². The zero-order valence-corrected chi connectivity index (χ0v) is 16.2. The van der Waals surface area contributed by atoms with Gasteiger partial charge in [-0.2, -0.15) is 8.78 Å². The topological polar surface area (TPSA) is 72.1 Å². The number of piperazine rings is 1. The molecule has 0 unspecified atom stereocenters. The summed E-state index contributed by atoms with van der Waals surface area (Å²) in [5.41, 5.74) is 0.252. The van der Waals surface area contributed by atoms with Gasteiger partial charge in [0.05, 0.1) is 14.2 Å². The molecule has 10 heteroatoms. The molecule has 1 saturated heterocycles. The van der Waals surface area contributed by atoms with Crippen LogP contribution in [0, 0.1) is 0 Å². The van der Waals surface area contributed by atoms with Crippen LogP contribution in [-0.4, -0.2) is 70.9 Å². The Bertz CT molecular complexity index is 577. The van der Waals surface area contributed by atoms with Crippen molar-refractivity contribution in [3.05, 3.63) is 17.7 Å². The fraction of sp³-hybridized carbons (Fsp3) is 0.588. The molecule has 0 radical (unpaired) electrons. The average molecular weight is 410 g/mol. The number of nitrogens with one attached hydrogen (secondary N) is 2. The molecule has 1 fully saturated rings. The Labute approximate surface area is 163 Å². The summed E-state index contributed by atoms with van der Waals surface area (Å²) in [6.45, 7) is 2.39. The van der Waals surface area contributed by atoms with Crippen LogP contribution in [0.5, 0.6) is 17.2 Å². The molecule has 0 spiro atoms. The van der Waals surface area contributed by atoms with Crippen LogP contribution in [0.15, 0.2) is 12.1 Å². The van der Waals surface area contributed by atoms with E-state index in [1.54, 1.807) is 0 Å². The highest BCUT2D eigenvalue weighted by Crippen LogP contribution is 2.39. The van der Waals surface area contributed by atoms with E-state index in [0.29, 0.717) is 6.54 Å². The smallest absolute Gasteiger partial charge is 0.387 e. The van der Waals surface area contributed by atoms with Crippen LogP contribution in [0.1, 0.15) is 16.8 Å². The zero-order valence-electron chi connectivity index (χ0n) is 15.4. The summed E-state index contributed by atoms with van der Waals surface area (Å²) < 4.78 is 39.6. The van der Waals surface area contributed by atoms with E-state index >= 15 is 0 Å². The van der Waals surface area contributed by atoms with E-state index in [1.807, 2.05) is 0 Å². The van der Waals surface area contributed by atoms with Gasteiger partial charge < -0.3 is 29.7 Å². The fourth-order valence-electron chi connectivity index (χ4n) is 2.76. The SMILES string of the molecule is COc1cc(C(=O)NCCCN2CCNCC2)cc(OC)c1OC(F)F.Cl. The molecule has 1 heterocycles. The molecule has 1 amide bonds. The number of ether oxygens (including phenoxy) is 3. The standard InChI is InChI=1S/C17H25F2N3O4.ClH/c1-24-13-10-12(11-14(25-2)15(13)26-17(18)19)16(23)21-4-3-7-22-8-5-20-6-9-22;/h10-11,17,20H,3-9H2,1-2H3,(H,21,23);1H. The van der Waals surface area contributed by atoms with Crippen LogP contribution in [0.2, 0.25) is 0 Å². The van der Waals surface area contributed by atoms with Gasteiger partial charge in [-0.05, 0) is 25.1 Å². The molecular formula is C17H26ClF2N3O4. The fourth-order valence-corrected chi connectivity index (χ4v) is 2.76. The van der Waals surface area contributed by atoms with E-state index in [9.17, 15) is 13.6 Å². The Morgan fingerprint density at radius 2 is 1.81 bits per heavy atom. The number of benzene rings is 1. The lowest BCUT2D eigenvalue weighted by Gasteiger charge is -2.27. The third kappa shape index (κ3) is 7.00. The van der Waals surface area contributed by atoms with Crippen LogP contribution in [0.4, 0.5) is 8.78 Å². The first-order valence-electron chi connectivity index (χ1n) is 8.47. The number of carbonyl (C=O) groups excluding carboxylic acids is 1. The number of hydrogen-bond donors (Lipinski definition) is 2. The van der Waals surface area contributed by atoms with Gasteiger partial charge in [0.25, 0.3) is 5.91 Å². The minimum absolute atomic E-state index is 0. The minimum atomic E-state index is -3.03. The maximum atomic E-state index is 12.6. The van der Waals surface area contributed by atoms with E-state index in [4.69, 9.17) is 9.47 Å². The summed E-state index contributed by atoms with van der Waals surface area (Å²) in [5, 5.41) is 6.11. The predicted octanol–water partition coefficient (Wildman–Crippen LogP) is 1.75. The van der Waals surface area contributed by atoms with Crippen LogP contribution >= 0.6 is 12.4 Å². The first-order valence-corrected chi connectivity index (χ1v) is 8.47. The van der Waals surface area contributed by atoms with Gasteiger partial charge in [0.2, 0.25) is 5.75 Å². The van der Waals surface area contributed by atoms with Crippen molar-refractivity contribution in [3.63, 3.8) is 0 Å². The number of alkyl halides is 2. The highest BCUT2D eigenvalue weighted by atomic mass is 35.5. The van der Waals surface area contributed by atoms with Crippen LogP contribution in [-0.2, 0) is 0 Å². The maximum Gasteiger partial charge on any atom is 0.387 e. The summed E-state index contributed by atoms with van der Waals surface area (Å²) in [4.78, 5) is 14.7. The highest BCUT2D eigenvalue weighted by molar-refractivity contribution is 5.95. The van der Waals surface area contributed by atoms with Crippen molar-refractivity contribution >= 4 is 18.3 Å². The van der Waals surface area contributed by atoms with Crippen LogP contribution in [0.3, 0.4) is 0 Å². The third-order valence-electron chi connectivity index (χ3n) is 4.08. The second-order valence-corrected chi connectivity index (χ2v) is 5.79. The molecule has 0 aliphatic carbocycles. The Kier molecular flexibility index (Phi) is 10.1. The minimum Gasteiger partial charge on any atom is -0.493 e.